The number of benzene rings is 1. The first kappa shape index (κ1) is 28.6. The van der Waals surface area contributed by atoms with Gasteiger partial charge in [0, 0.05) is 25.7 Å². The molecule has 2 aliphatic rings. The molecule has 0 spiro atoms. The summed E-state index contributed by atoms with van der Waals surface area (Å²) in [6, 6.07) is 5.29. The largest absolute Gasteiger partial charge is 0.543 e. The van der Waals surface area contributed by atoms with Crippen molar-refractivity contribution in [1.29, 1.82) is 0 Å². The first-order chi connectivity index (χ1) is 18.9. The first-order valence-electron chi connectivity index (χ1n) is 13.8. The van der Waals surface area contributed by atoms with Crippen molar-refractivity contribution < 1.29 is 22.7 Å². The maximum absolute atomic E-state index is 14.5. The molecule has 0 radical (unpaired) electrons. The lowest BCUT2D eigenvalue weighted by Crippen LogP contribution is -2.49. The van der Waals surface area contributed by atoms with Crippen LogP contribution in [0, 0.1) is 0 Å². The first-order valence-corrected chi connectivity index (χ1v) is 16.7. The Morgan fingerprint density at radius 3 is 2.30 bits per heavy atom. The zero-order chi connectivity index (χ0) is 28.8. The van der Waals surface area contributed by atoms with Crippen LogP contribution >= 0.6 is 0 Å². The molecular formula is C27H39F2N7O3Si. The van der Waals surface area contributed by atoms with Crippen LogP contribution in [0.15, 0.2) is 18.2 Å². The van der Waals surface area contributed by atoms with Crippen molar-refractivity contribution in [2.45, 2.75) is 71.3 Å². The number of rotatable bonds is 6. The Morgan fingerprint density at radius 2 is 1.62 bits per heavy atom. The zero-order valence-electron chi connectivity index (χ0n) is 24.3. The van der Waals surface area contributed by atoms with Crippen molar-refractivity contribution in [1.82, 2.24) is 24.5 Å². The van der Waals surface area contributed by atoms with Gasteiger partial charge in [-0.05, 0) is 44.1 Å². The monoisotopic (exact) mass is 575 g/mol. The number of anilines is 2. The van der Waals surface area contributed by atoms with Gasteiger partial charge in [-0.1, -0.05) is 20.8 Å². The number of alkyl halides is 2. The molecule has 0 saturated carbocycles. The average molecular weight is 576 g/mol. The number of halogens is 2. The van der Waals surface area contributed by atoms with E-state index in [1.807, 2.05) is 24.8 Å². The topological polar surface area (TPSA) is 90.7 Å². The van der Waals surface area contributed by atoms with Crippen molar-refractivity contribution in [2.24, 2.45) is 0 Å². The number of fused-ring (bicyclic) bond motifs is 1. The molecule has 2 saturated heterocycles. The number of hydrogen-bond donors (Lipinski definition) is 0. The maximum atomic E-state index is 14.5. The summed E-state index contributed by atoms with van der Waals surface area (Å²) in [4.78, 5) is 22.6. The van der Waals surface area contributed by atoms with Crippen LogP contribution < -0.4 is 14.2 Å². The minimum absolute atomic E-state index is 0.00863. The van der Waals surface area contributed by atoms with E-state index in [9.17, 15) is 8.78 Å². The third kappa shape index (κ3) is 5.50. The second-order valence-electron chi connectivity index (χ2n) is 12.0. The number of imidazole rings is 1. The van der Waals surface area contributed by atoms with Crippen LogP contribution in [0.4, 0.5) is 20.7 Å². The molecule has 5 rings (SSSR count). The molecule has 2 fully saturated rings. The maximum Gasteiger partial charge on any atom is 0.296 e. The Morgan fingerprint density at radius 1 is 0.950 bits per heavy atom. The van der Waals surface area contributed by atoms with Crippen LogP contribution in [0.25, 0.3) is 17.0 Å². The van der Waals surface area contributed by atoms with E-state index in [0.29, 0.717) is 68.1 Å². The fraction of sp³-hybridized carbons (Fsp3) is 0.630. The summed E-state index contributed by atoms with van der Waals surface area (Å²) < 4.78 is 48.0. The summed E-state index contributed by atoms with van der Waals surface area (Å²) in [5.41, 5.74) is 0.876. The van der Waals surface area contributed by atoms with Crippen molar-refractivity contribution in [3.8, 4) is 11.7 Å². The third-order valence-corrected chi connectivity index (χ3v) is 12.6. The van der Waals surface area contributed by atoms with E-state index >= 15 is 0 Å². The van der Waals surface area contributed by atoms with Crippen molar-refractivity contribution in [2.75, 3.05) is 49.3 Å². The average Bonchev–Trinajstić information content (AvgIpc) is 3.29. The van der Waals surface area contributed by atoms with Gasteiger partial charge in [-0.15, -0.1) is 0 Å². The standard InChI is InChI=1S/C27H39F2N7O3Si/c1-17-18(2)38-15-12-35(17)25-31-24(34-10-13-37-14-11-34)32-26(33-25)36-21-9-8-19(39-40(6,7)27(3,4)5)16-20(21)30-23(36)22(28)29/h8-9,16-18,22H,10-15H2,1-7H3/t17-,18+/m1/s1. The lowest BCUT2D eigenvalue weighted by Gasteiger charge is -2.38. The van der Waals surface area contributed by atoms with Crippen LogP contribution in [0.5, 0.6) is 5.75 Å². The van der Waals surface area contributed by atoms with E-state index in [4.69, 9.17) is 28.9 Å². The van der Waals surface area contributed by atoms with Crippen LogP contribution in [0.1, 0.15) is 46.9 Å². The van der Waals surface area contributed by atoms with Gasteiger partial charge in [0.1, 0.15) is 5.75 Å². The Kier molecular flexibility index (Phi) is 7.74. The molecule has 1 aromatic carbocycles. The number of hydrogen-bond acceptors (Lipinski definition) is 9. The van der Waals surface area contributed by atoms with Crippen molar-refractivity contribution in [3.05, 3.63) is 24.0 Å². The fourth-order valence-corrected chi connectivity index (χ4v) is 5.66. The molecule has 13 heteroatoms. The molecule has 2 atom stereocenters. The predicted molar refractivity (Wildman–Crippen MR) is 152 cm³/mol. The van der Waals surface area contributed by atoms with Crippen LogP contribution in [0.2, 0.25) is 18.1 Å². The molecule has 2 aliphatic heterocycles. The molecular weight excluding hydrogens is 536 g/mol. The van der Waals surface area contributed by atoms with E-state index in [1.54, 1.807) is 12.1 Å². The number of aromatic nitrogens is 5. The van der Waals surface area contributed by atoms with Gasteiger partial charge < -0.3 is 23.7 Å². The van der Waals surface area contributed by atoms with Gasteiger partial charge in [-0.2, -0.15) is 15.0 Å². The molecule has 0 N–H and O–H groups in total. The van der Waals surface area contributed by atoms with Crippen LogP contribution in [0.3, 0.4) is 0 Å². The molecule has 10 nitrogen and oxygen atoms in total. The Bertz CT molecular complexity index is 1360. The van der Waals surface area contributed by atoms with Crippen LogP contribution in [-0.4, -0.2) is 84.4 Å². The minimum Gasteiger partial charge on any atom is -0.543 e. The molecule has 3 aromatic rings. The quantitative estimate of drug-likeness (QED) is 0.377. The molecule has 0 aliphatic carbocycles. The van der Waals surface area contributed by atoms with Gasteiger partial charge in [-0.25, -0.2) is 13.8 Å². The number of morpholine rings is 2. The van der Waals surface area contributed by atoms with Gasteiger partial charge in [0.2, 0.25) is 26.2 Å². The summed E-state index contributed by atoms with van der Waals surface area (Å²) in [6.45, 7) is 18.2. The summed E-state index contributed by atoms with van der Waals surface area (Å²) in [7, 11) is -2.14. The second-order valence-corrected chi connectivity index (χ2v) is 16.7. The van der Waals surface area contributed by atoms with Gasteiger partial charge >= 0.3 is 0 Å². The summed E-state index contributed by atoms with van der Waals surface area (Å²) in [5, 5.41) is -0.0131. The molecule has 0 bridgehead atoms. The second kappa shape index (κ2) is 10.8. The minimum atomic E-state index is -2.84. The van der Waals surface area contributed by atoms with Gasteiger partial charge in [0.15, 0.2) is 5.82 Å². The van der Waals surface area contributed by atoms with Crippen molar-refractivity contribution in [3.63, 3.8) is 0 Å². The predicted octanol–water partition coefficient (Wildman–Crippen LogP) is 4.98. The smallest absolute Gasteiger partial charge is 0.296 e. The molecule has 40 heavy (non-hydrogen) atoms. The summed E-state index contributed by atoms with van der Waals surface area (Å²) >= 11 is 0. The molecule has 0 amide bonds. The Hall–Kier alpha value is -2.90. The molecule has 2 aromatic heterocycles. The summed E-state index contributed by atoms with van der Waals surface area (Å²) in [6.07, 6.45) is -2.88. The van der Waals surface area contributed by atoms with Gasteiger partial charge in [0.05, 0.1) is 43.0 Å². The fourth-order valence-electron chi connectivity index (χ4n) is 4.64. The molecule has 4 heterocycles. The normalized spacial score (nSPS) is 20.9. The van der Waals surface area contributed by atoms with E-state index in [1.165, 1.54) is 4.57 Å². The molecule has 0 unspecified atom stereocenters. The van der Waals surface area contributed by atoms with E-state index in [0.717, 1.165) is 0 Å². The highest BCUT2D eigenvalue weighted by Crippen LogP contribution is 2.38. The van der Waals surface area contributed by atoms with Gasteiger partial charge in [0.25, 0.3) is 6.43 Å². The Labute approximate surface area is 234 Å². The highest BCUT2D eigenvalue weighted by Gasteiger charge is 2.39. The van der Waals surface area contributed by atoms with E-state index in [-0.39, 0.29) is 23.1 Å². The lowest BCUT2D eigenvalue weighted by molar-refractivity contribution is 0.0277. The SMILES string of the molecule is C[C@@H]1OCCN(c2nc(N3CCOCC3)nc(-n3c(C(F)F)nc4cc(O[Si](C)(C)C(C)(C)C)ccc43)n2)[C@@H]1C. The highest BCUT2D eigenvalue weighted by molar-refractivity contribution is 6.74. The number of nitrogens with zero attached hydrogens (tertiary/aromatic N) is 7. The molecule has 218 valence electrons. The zero-order valence-corrected chi connectivity index (χ0v) is 25.3. The van der Waals surface area contributed by atoms with Crippen LogP contribution in [-0.2, 0) is 9.47 Å². The summed E-state index contributed by atoms with van der Waals surface area (Å²) in [5.74, 6) is 1.15. The highest BCUT2D eigenvalue weighted by atomic mass is 28.4. The van der Waals surface area contributed by atoms with Gasteiger partial charge in [-0.3, -0.25) is 4.57 Å². The number of ether oxygens (including phenoxy) is 2. The van der Waals surface area contributed by atoms with Crippen molar-refractivity contribution >= 4 is 31.2 Å². The Balaban J connectivity index is 1.63. The third-order valence-electron chi connectivity index (χ3n) is 8.26. The lowest BCUT2D eigenvalue weighted by atomic mass is 10.1. The van der Waals surface area contributed by atoms with E-state index in [2.05, 4.69) is 43.7 Å². The van der Waals surface area contributed by atoms with E-state index < -0.39 is 20.6 Å².